The van der Waals surface area contributed by atoms with Crippen molar-refractivity contribution in [3.8, 4) is 11.3 Å². The Morgan fingerprint density at radius 1 is 0.816 bits per heavy atom. The number of nitrogens with zero attached hydrogens (tertiary/aromatic N) is 4. The molecule has 0 unspecified atom stereocenters. The van der Waals surface area contributed by atoms with Gasteiger partial charge in [0.05, 0.1) is 22.8 Å². The van der Waals surface area contributed by atoms with Crippen molar-refractivity contribution >= 4 is 40.5 Å². The van der Waals surface area contributed by atoms with Crippen molar-refractivity contribution in [2.75, 3.05) is 16.0 Å². The Morgan fingerprint density at radius 3 is 2.34 bits per heavy atom. The second kappa shape index (κ2) is 10.6. The molecule has 5 N–H and O–H groups in total. The van der Waals surface area contributed by atoms with Crippen LogP contribution in [0.2, 0.25) is 0 Å². The average Bonchev–Trinajstić information content (AvgIpc) is 2.95. The number of carbonyl (C=O) groups is 2. The first kappa shape index (κ1) is 24.1. The molecule has 0 spiro atoms. The van der Waals surface area contributed by atoms with Gasteiger partial charge in [-0.15, -0.1) is 0 Å². The fourth-order valence-corrected chi connectivity index (χ4v) is 3.91. The van der Waals surface area contributed by atoms with Crippen LogP contribution in [0.4, 0.5) is 28.7 Å². The highest BCUT2D eigenvalue weighted by atomic mass is 16.2. The maximum Gasteiger partial charge on any atom is 0.262 e. The van der Waals surface area contributed by atoms with Gasteiger partial charge in [0.15, 0.2) is 0 Å². The van der Waals surface area contributed by atoms with Crippen LogP contribution in [0.15, 0.2) is 110 Å². The molecule has 0 saturated carbocycles. The number of aromatic nitrogens is 3. The second-order valence-corrected chi connectivity index (χ2v) is 8.32. The summed E-state index contributed by atoms with van der Waals surface area (Å²) in [6, 6.07) is 26.1. The summed E-state index contributed by atoms with van der Waals surface area (Å²) >= 11 is 0. The molecule has 9 nitrogen and oxygen atoms in total. The molecule has 3 aromatic carbocycles. The van der Waals surface area contributed by atoms with Crippen molar-refractivity contribution in [2.45, 2.75) is 0 Å². The highest BCUT2D eigenvalue weighted by Crippen LogP contribution is 2.34. The topological polar surface area (TPSA) is 140 Å². The van der Waals surface area contributed by atoms with Crippen LogP contribution in [-0.4, -0.2) is 26.8 Å². The Morgan fingerprint density at radius 2 is 1.61 bits per heavy atom. The van der Waals surface area contributed by atoms with E-state index in [1.54, 1.807) is 61.1 Å². The fraction of sp³-hybridized carbons (Fsp3) is 0. The number of primary amides is 1. The summed E-state index contributed by atoms with van der Waals surface area (Å²) in [7, 11) is 0. The molecule has 0 fully saturated rings. The number of para-hydroxylation sites is 2. The summed E-state index contributed by atoms with van der Waals surface area (Å²) in [5, 5.41) is 3.21. The maximum atomic E-state index is 13.8. The van der Waals surface area contributed by atoms with E-state index in [-0.39, 0.29) is 5.91 Å². The quantitative estimate of drug-likeness (QED) is 0.268. The molecule has 5 aromatic rings. The van der Waals surface area contributed by atoms with Crippen LogP contribution >= 0.6 is 0 Å². The monoisotopic (exact) mass is 501 g/mol. The number of benzene rings is 3. The first-order valence-corrected chi connectivity index (χ1v) is 11.7. The molecule has 186 valence electrons. The van der Waals surface area contributed by atoms with E-state index in [1.165, 1.54) is 17.0 Å². The molecule has 0 radical (unpaired) electrons. The van der Waals surface area contributed by atoms with Crippen LogP contribution in [0.1, 0.15) is 20.7 Å². The molecule has 5 rings (SSSR count). The van der Waals surface area contributed by atoms with Crippen molar-refractivity contribution < 1.29 is 9.59 Å². The largest absolute Gasteiger partial charge is 0.397 e. The van der Waals surface area contributed by atoms with Gasteiger partial charge in [0.25, 0.3) is 5.91 Å². The van der Waals surface area contributed by atoms with Crippen LogP contribution in [0.3, 0.4) is 0 Å². The van der Waals surface area contributed by atoms with Gasteiger partial charge in [0.1, 0.15) is 0 Å². The van der Waals surface area contributed by atoms with Crippen molar-refractivity contribution in [3.05, 3.63) is 121 Å². The third-order valence-corrected chi connectivity index (χ3v) is 5.77. The van der Waals surface area contributed by atoms with Gasteiger partial charge in [0, 0.05) is 41.0 Å². The average molecular weight is 502 g/mol. The van der Waals surface area contributed by atoms with E-state index in [2.05, 4.69) is 20.3 Å². The number of amides is 2. The van der Waals surface area contributed by atoms with Gasteiger partial charge in [-0.25, -0.2) is 9.97 Å². The summed E-state index contributed by atoms with van der Waals surface area (Å²) in [6.07, 6.45) is 5.10. The Balaban J connectivity index is 1.50. The third kappa shape index (κ3) is 5.17. The summed E-state index contributed by atoms with van der Waals surface area (Å²) in [5.74, 6) is -0.504. The van der Waals surface area contributed by atoms with Crippen LogP contribution in [0, 0.1) is 0 Å². The van der Waals surface area contributed by atoms with Gasteiger partial charge >= 0.3 is 0 Å². The minimum absolute atomic E-state index is 0.312. The van der Waals surface area contributed by atoms with Crippen LogP contribution in [-0.2, 0) is 0 Å². The van der Waals surface area contributed by atoms with Crippen molar-refractivity contribution in [1.29, 1.82) is 0 Å². The zero-order valence-electron chi connectivity index (χ0n) is 20.2. The second-order valence-electron chi connectivity index (χ2n) is 8.32. The number of rotatable bonds is 7. The van der Waals surface area contributed by atoms with Crippen LogP contribution < -0.4 is 21.7 Å². The number of carbonyl (C=O) groups excluding carboxylic acids is 2. The zero-order valence-corrected chi connectivity index (χ0v) is 20.2. The predicted molar refractivity (Wildman–Crippen MR) is 147 cm³/mol. The first-order valence-electron chi connectivity index (χ1n) is 11.7. The smallest absolute Gasteiger partial charge is 0.262 e. The number of anilines is 5. The lowest BCUT2D eigenvalue weighted by molar-refractivity contribution is 0.0988. The minimum atomic E-state index is -0.568. The van der Waals surface area contributed by atoms with Gasteiger partial charge in [-0.05, 0) is 72.8 Å². The maximum absolute atomic E-state index is 13.8. The number of hydrogen-bond acceptors (Lipinski definition) is 7. The molecule has 0 aliphatic carbocycles. The Labute approximate surface area is 218 Å². The molecular weight excluding hydrogens is 478 g/mol. The van der Waals surface area contributed by atoms with E-state index in [0.29, 0.717) is 39.8 Å². The van der Waals surface area contributed by atoms with E-state index in [9.17, 15) is 9.59 Å². The van der Waals surface area contributed by atoms with Crippen molar-refractivity contribution in [1.82, 2.24) is 15.0 Å². The van der Waals surface area contributed by atoms with Crippen molar-refractivity contribution in [2.24, 2.45) is 5.73 Å². The Hall–Kier alpha value is -5.57. The molecule has 38 heavy (non-hydrogen) atoms. The summed E-state index contributed by atoms with van der Waals surface area (Å²) < 4.78 is 0. The predicted octanol–water partition coefficient (Wildman–Crippen LogP) is 4.94. The first-order chi connectivity index (χ1) is 18.5. The molecule has 2 heterocycles. The van der Waals surface area contributed by atoms with E-state index < -0.39 is 5.91 Å². The number of pyridine rings is 1. The molecular formula is C29H23N7O2. The molecule has 0 aliphatic rings. The zero-order chi connectivity index (χ0) is 26.5. The van der Waals surface area contributed by atoms with E-state index in [4.69, 9.17) is 11.5 Å². The number of hydrogen-bond donors (Lipinski definition) is 3. The molecule has 0 bridgehead atoms. The number of nitrogens with one attached hydrogen (secondary N) is 1. The summed E-state index contributed by atoms with van der Waals surface area (Å²) in [6.45, 7) is 0. The van der Waals surface area contributed by atoms with Gasteiger partial charge < -0.3 is 16.8 Å². The van der Waals surface area contributed by atoms with E-state index in [1.807, 2.05) is 36.4 Å². The molecule has 0 atom stereocenters. The normalized spacial score (nSPS) is 10.5. The highest BCUT2D eigenvalue weighted by molar-refractivity contribution is 6.12. The fourth-order valence-electron chi connectivity index (χ4n) is 3.91. The molecule has 0 saturated heterocycles. The molecule has 2 aromatic heterocycles. The lowest BCUT2D eigenvalue weighted by Crippen LogP contribution is -2.27. The Bertz CT molecular complexity index is 1610. The highest BCUT2D eigenvalue weighted by Gasteiger charge is 2.22. The molecule has 0 aliphatic heterocycles. The van der Waals surface area contributed by atoms with Crippen molar-refractivity contribution in [3.63, 3.8) is 0 Å². The van der Waals surface area contributed by atoms with E-state index >= 15 is 0 Å². The lowest BCUT2D eigenvalue weighted by Gasteiger charge is -2.25. The van der Waals surface area contributed by atoms with Crippen LogP contribution in [0.5, 0.6) is 0 Å². The van der Waals surface area contributed by atoms with Gasteiger partial charge in [0.2, 0.25) is 11.9 Å². The lowest BCUT2D eigenvalue weighted by atomic mass is 10.1. The Kier molecular flexibility index (Phi) is 6.73. The molecule has 2 amide bonds. The standard InChI is InChI=1S/C29H23N7O2/c30-24-8-1-2-9-26(24)36(28(38)20-12-10-19(11-13-20)27(31)37)23-7-3-6-22(17-23)34-29-33-16-14-25(35-29)21-5-4-15-32-18-21/h1-18H,30H2,(H2,31,37)(H,33,34,35). The number of nitrogens with two attached hydrogens (primary N) is 2. The van der Waals surface area contributed by atoms with Gasteiger partial charge in [-0.2, -0.15) is 0 Å². The van der Waals surface area contributed by atoms with Gasteiger partial charge in [-0.3, -0.25) is 19.5 Å². The summed E-state index contributed by atoms with van der Waals surface area (Å²) in [5.41, 5.74) is 16.1. The number of nitrogen functional groups attached to an aromatic ring is 1. The van der Waals surface area contributed by atoms with Gasteiger partial charge in [-0.1, -0.05) is 18.2 Å². The SMILES string of the molecule is NC(=O)c1ccc(C(=O)N(c2cccc(Nc3nccc(-c4cccnc4)n3)c2)c2ccccc2N)cc1. The van der Waals surface area contributed by atoms with Crippen LogP contribution in [0.25, 0.3) is 11.3 Å². The van der Waals surface area contributed by atoms with E-state index in [0.717, 1.165) is 11.3 Å². The summed E-state index contributed by atoms with van der Waals surface area (Å²) in [4.78, 5) is 39.8. The molecule has 9 heteroatoms. The minimum Gasteiger partial charge on any atom is -0.397 e. The third-order valence-electron chi connectivity index (χ3n) is 5.77.